The van der Waals surface area contributed by atoms with E-state index < -0.39 is 24.3 Å². The van der Waals surface area contributed by atoms with Gasteiger partial charge in [0.1, 0.15) is 6.54 Å². The van der Waals surface area contributed by atoms with Gasteiger partial charge in [-0.1, -0.05) is 36.2 Å². The molecule has 8 heteroatoms. The summed E-state index contributed by atoms with van der Waals surface area (Å²) < 4.78 is 0. The zero-order valence-electron chi connectivity index (χ0n) is 11.2. The number of thiol groups is 1. The molecule has 0 saturated heterocycles. The quantitative estimate of drug-likeness (QED) is 0.471. The predicted molar refractivity (Wildman–Crippen MR) is 86.4 cm³/mol. The van der Waals surface area contributed by atoms with E-state index in [0.717, 1.165) is 5.01 Å². The van der Waals surface area contributed by atoms with E-state index in [4.69, 9.17) is 28.3 Å². The SMILES string of the molecule is C[C@H](CS)C(=O)N(CC(=O)O)/N=C/c1c(Cl)cccc1Cl. The third-order valence-electron chi connectivity index (χ3n) is 2.56. The third-order valence-corrected chi connectivity index (χ3v) is 3.77. The smallest absolute Gasteiger partial charge is 0.325 e. The van der Waals surface area contributed by atoms with Gasteiger partial charge in [0.25, 0.3) is 0 Å². The standard InChI is InChI=1S/C13H14Cl2N2O3S/c1-8(7-21)13(20)17(6-12(18)19)16-5-9-10(14)3-2-4-11(9)15/h2-5,8,21H,6-7H2,1H3,(H,18,19)/b16-5+/t8-/m1/s1. The number of hydrogen-bond donors (Lipinski definition) is 2. The van der Waals surface area contributed by atoms with Crippen molar-refractivity contribution >= 4 is 53.9 Å². The summed E-state index contributed by atoms with van der Waals surface area (Å²) in [6.07, 6.45) is 1.27. The zero-order chi connectivity index (χ0) is 16.0. The molecule has 1 rings (SSSR count). The van der Waals surface area contributed by atoms with Gasteiger partial charge in [0, 0.05) is 17.2 Å². The highest BCUT2D eigenvalue weighted by atomic mass is 35.5. The highest BCUT2D eigenvalue weighted by Crippen LogP contribution is 2.22. The number of hydrazone groups is 1. The average Bonchev–Trinajstić information content (AvgIpc) is 2.43. The number of rotatable bonds is 6. The largest absolute Gasteiger partial charge is 0.480 e. The molecule has 0 aromatic heterocycles. The first-order valence-electron chi connectivity index (χ1n) is 5.98. The molecular formula is C13H14Cl2N2O3S. The second-order valence-corrected chi connectivity index (χ2v) is 5.43. The summed E-state index contributed by atoms with van der Waals surface area (Å²) >= 11 is 16.0. The number of carboxylic acid groups (broad SMARTS) is 1. The molecule has 1 aromatic rings. The summed E-state index contributed by atoms with van der Waals surface area (Å²) in [6, 6.07) is 4.91. The van der Waals surface area contributed by atoms with Gasteiger partial charge < -0.3 is 5.11 Å². The number of carboxylic acids is 1. The Morgan fingerprint density at radius 2 is 2.00 bits per heavy atom. The molecule has 1 amide bonds. The van der Waals surface area contributed by atoms with Crippen LogP contribution in [-0.2, 0) is 9.59 Å². The number of aliphatic carboxylic acids is 1. The van der Waals surface area contributed by atoms with Crippen molar-refractivity contribution in [2.45, 2.75) is 6.92 Å². The molecule has 1 atom stereocenters. The Kier molecular flexibility index (Phi) is 7.01. The first-order chi connectivity index (χ1) is 9.86. The van der Waals surface area contributed by atoms with E-state index in [9.17, 15) is 9.59 Å². The van der Waals surface area contributed by atoms with Gasteiger partial charge in [0.2, 0.25) is 5.91 Å². The molecule has 1 aromatic carbocycles. The average molecular weight is 349 g/mol. The Hall–Kier alpha value is -1.24. The fraction of sp³-hybridized carbons (Fsp3) is 0.308. The van der Waals surface area contributed by atoms with Crippen LogP contribution >= 0.6 is 35.8 Å². The zero-order valence-corrected chi connectivity index (χ0v) is 13.6. The van der Waals surface area contributed by atoms with Crippen LogP contribution in [0.3, 0.4) is 0 Å². The summed E-state index contributed by atoms with van der Waals surface area (Å²) in [4.78, 5) is 22.9. The first kappa shape index (κ1) is 17.8. The van der Waals surface area contributed by atoms with Crippen molar-refractivity contribution in [2.24, 2.45) is 11.0 Å². The monoisotopic (exact) mass is 348 g/mol. The summed E-state index contributed by atoms with van der Waals surface area (Å²) in [5, 5.41) is 14.3. The lowest BCUT2D eigenvalue weighted by Gasteiger charge is -2.18. The van der Waals surface area contributed by atoms with E-state index in [1.54, 1.807) is 25.1 Å². The van der Waals surface area contributed by atoms with E-state index in [0.29, 0.717) is 15.6 Å². The number of nitrogens with zero attached hydrogens (tertiary/aromatic N) is 2. The van der Waals surface area contributed by atoms with Crippen LogP contribution in [0, 0.1) is 5.92 Å². The predicted octanol–water partition coefficient (Wildman–Crippen LogP) is 2.81. The van der Waals surface area contributed by atoms with E-state index in [2.05, 4.69) is 17.7 Å². The molecule has 0 radical (unpaired) electrons. The number of hydrogen-bond acceptors (Lipinski definition) is 4. The lowest BCUT2D eigenvalue weighted by atomic mass is 10.2. The maximum Gasteiger partial charge on any atom is 0.325 e. The van der Waals surface area contributed by atoms with Gasteiger partial charge in [0.05, 0.1) is 16.3 Å². The Morgan fingerprint density at radius 3 is 2.48 bits per heavy atom. The van der Waals surface area contributed by atoms with E-state index >= 15 is 0 Å². The minimum absolute atomic E-state index is 0.289. The molecule has 0 bridgehead atoms. The van der Waals surface area contributed by atoms with Crippen LogP contribution in [0.15, 0.2) is 23.3 Å². The van der Waals surface area contributed by atoms with E-state index in [1.807, 2.05) is 0 Å². The highest BCUT2D eigenvalue weighted by molar-refractivity contribution is 7.80. The van der Waals surface area contributed by atoms with Gasteiger partial charge in [-0.15, -0.1) is 0 Å². The molecule has 21 heavy (non-hydrogen) atoms. The van der Waals surface area contributed by atoms with Crippen molar-refractivity contribution in [1.82, 2.24) is 5.01 Å². The van der Waals surface area contributed by atoms with Crippen molar-refractivity contribution in [2.75, 3.05) is 12.3 Å². The summed E-state index contributed by atoms with van der Waals surface area (Å²) in [7, 11) is 0. The summed E-state index contributed by atoms with van der Waals surface area (Å²) in [6.45, 7) is 1.09. The molecule has 0 heterocycles. The van der Waals surface area contributed by atoms with Gasteiger partial charge >= 0.3 is 5.97 Å². The number of carbonyl (C=O) groups excluding carboxylic acids is 1. The minimum Gasteiger partial charge on any atom is -0.480 e. The molecule has 0 saturated carbocycles. The molecule has 0 fully saturated rings. The molecule has 0 aliphatic carbocycles. The first-order valence-corrected chi connectivity index (χ1v) is 7.37. The molecule has 0 aliphatic heterocycles. The van der Waals surface area contributed by atoms with Crippen LogP contribution < -0.4 is 0 Å². The fourth-order valence-corrected chi connectivity index (χ4v) is 2.05. The van der Waals surface area contributed by atoms with E-state index in [1.165, 1.54) is 6.21 Å². The van der Waals surface area contributed by atoms with Crippen LogP contribution in [0.2, 0.25) is 10.0 Å². The van der Waals surface area contributed by atoms with Crippen LogP contribution in [0.1, 0.15) is 12.5 Å². The lowest BCUT2D eigenvalue weighted by Crippen LogP contribution is -2.35. The second kappa shape index (κ2) is 8.26. The van der Waals surface area contributed by atoms with Crippen molar-refractivity contribution < 1.29 is 14.7 Å². The molecule has 0 spiro atoms. The Labute approximate surface area is 137 Å². The lowest BCUT2D eigenvalue weighted by molar-refractivity contribution is -0.145. The molecular weight excluding hydrogens is 335 g/mol. The van der Waals surface area contributed by atoms with Crippen LogP contribution in [0.4, 0.5) is 0 Å². The van der Waals surface area contributed by atoms with Crippen molar-refractivity contribution in [3.05, 3.63) is 33.8 Å². The molecule has 114 valence electrons. The highest BCUT2D eigenvalue weighted by Gasteiger charge is 2.21. The second-order valence-electron chi connectivity index (χ2n) is 4.25. The number of halogens is 2. The number of amides is 1. The Balaban J connectivity index is 3.03. The van der Waals surface area contributed by atoms with Crippen LogP contribution in [0.5, 0.6) is 0 Å². The van der Waals surface area contributed by atoms with Crippen molar-refractivity contribution in [1.29, 1.82) is 0 Å². The number of carbonyl (C=O) groups is 2. The van der Waals surface area contributed by atoms with E-state index in [-0.39, 0.29) is 5.75 Å². The molecule has 5 nitrogen and oxygen atoms in total. The van der Waals surface area contributed by atoms with Gasteiger partial charge in [-0.25, -0.2) is 5.01 Å². The summed E-state index contributed by atoms with van der Waals surface area (Å²) in [5.41, 5.74) is 0.419. The minimum atomic E-state index is -1.17. The van der Waals surface area contributed by atoms with Gasteiger partial charge in [-0.2, -0.15) is 17.7 Å². The number of benzene rings is 1. The maximum absolute atomic E-state index is 12.0. The van der Waals surface area contributed by atoms with Gasteiger partial charge in [-0.05, 0) is 12.1 Å². The Morgan fingerprint density at radius 1 is 1.43 bits per heavy atom. The van der Waals surface area contributed by atoms with Crippen molar-refractivity contribution in [3.63, 3.8) is 0 Å². The van der Waals surface area contributed by atoms with Gasteiger partial charge in [0.15, 0.2) is 0 Å². The van der Waals surface area contributed by atoms with Gasteiger partial charge in [-0.3, -0.25) is 9.59 Å². The van der Waals surface area contributed by atoms with Crippen LogP contribution in [0.25, 0.3) is 0 Å². The topological polar surface area (TPSA) is 70.0 Å². The molecule has 0 unspecified atom stereocenters. The fourth-order valence-electron chi connectivity index (χ4n) is 1.40. The molecule has 1 N–H and O–H groups in total. The van der Waals surface area contributed by atoms with Crippen molar-refractivity contribution in [3.8, 4) is 0 Å². The molecule has 0 aliphatic rings. The normalized spacial score (nSPS) is 12.4. The summed E-state index contributed by atoms with van der Waals surface area (Å²) in [5.74, 6) is -1.77. The Bertz CT molecular complexity index is 546. The third kappa shape index (κ3) is 5.22. The maximum atomic E-state index is 12.0. The van der Waals surface area contributed by atoms with Crippen LogP contribution in [-0.4, -0.2) is 40.5 Å².